The molecule has 3 unspecified atom stereocenters. The van der Waals surface area contributed by atoms with E-state index in [4.69, 9.17) is 10.5 Å². The van der Waals surface area contributed by atoms with Gasteiger partial charge in [0.05, 0.1) is 7.11 Å². The number of methoxy groups -OCH3 is 1. The number of ether oxygens (including phenoxy) is 1. The minimum atomic E-state index is -0.231. The van der Waals surface area contributed by atoms with Gasteiger partial charge in [-0.3, -0.25) is 0 Å². The lowest BCUT2D eigenvalue weighted by Gasteiger charge is -2.14. The first-order valence-corrected chi connectivity index (χ1v) is 6.81. The molecule has 3 heteroatoms. The molecule has 2 fully saturated rings. The van der Waals surface area contributed by atoms with E-state index < -0.39 is 0 Å². The van der Waals surface area contributed by atoms with Gasteiger partial charge >= 0.3 is 0 Å². The van der Waals surface area contributed by atoms with Gasteiger partial charge in [0, 0.05) is 17.7 Å². The fraction of sp³-hybridized carbons (Fsp3) is 0.600. The Kier molecular flexibility index (Phi) is 3.02. The molecule has 0 radical (unpaired) electrons. The van der Waals surface area contributed by atoms with Crippen molar-refractivity contribution in [2.45, 2.75) is 31.7 Å². The van der Waals surface area contributed by atoms with Crippen LogP contribution in [0.1, 0.15) is 37.3 Å². The van der Waals surface area contributed by atoms with Crippen LogP contribution in [0, 0.1) is 23.6 Å². The average molecular weight is 249 g/mol. The van der Waals surface area contributed by atoms with E-state index in [1.165, 1.54) is 31.7 Å². The second-order valence-corrected chi connectivity index (χ2v) is 5.60. The van der Waals surface area contributed by atoms with Crippen LogP contribution in [0.15, 0.2) is 18.2 Å². The van der Waals surface area contributed by atoms with Crippen molar-refractivity contribution < 1.29 is 9.13 Å². The third kappa shape index (κ3) is 1.91. The first kappa shape index (κ1) is 12.0. The summed E-state index contributed by atoms with van der Waals surface area (Å²) in [6.45, 7) is 0. The number of fused-ring (bicyclic) bond motifs is 1. The standard InChI is InChI=1S/C15H20FNO/c1-18-9-6-7-12(13(16)8-9)15(17)14-10-4-2-3-5-11(10)14/h6-8,10-11,14-15H,2-5,17H2,1H3. The predicted octanol–water partition coefficient (Wildman–Crippen LogP) is 3.27. The van der Waals surface area contributed by atoms with Gasteiger partial charge in [0.1, 0.15) is 11.6 Å². The SMILES string of the molecule is COc1ccc(C(N)C2C3CCCCC32)c(F)c1. The molecule has 98 valence electrons. The molecule has 3 atom stereocenters. The highest BCUT2D eigenvalue weighted by Crippen LogP contribution is 2.59. The number of rotatable bonds is 3. The van der Waals surface area contributed by atoms with Gasteiger partial charge in [-0.1, -0.05) is 18.9 Å². The summed E-state index contributed by atoms with van der Waals surface area (Å²) in [4.78, 5) is 0. The zero-order valence-corrected chi connectivity index (χ0v) is 10.7. The van der Waals surface area contributed by atoms with E-state index >= 15 is 0 Å². The van der Waals surface area contributed by atoms with Gasteiger partial charge in [-0.2, -0.15) is 0 Å². The van der Waals surface area contributed by atoms with Gasteiger partial charge in [0.25, 0.3) is 0 Å². The minimum Gasteiger partial charge on any atom is -0.497 e. The van der Waals surface area contributed by atoms with Crippen LogP contribution in [-0.4, -0.2) is 7.11 Å². The van der Waals surface area contributed by atoms with Gasteiger partial charge in [-0.25, -0.2) is 4.39 Å². The molecule has 2 aliphatic carbocycles. The molecule has 0 heterocycles. The highest BCUT2D eigenvalue weighted by atomic mass is 19.1. The van der Waals surface area contributed by atoms with Crippen molar-refractivity contribution >= 4 is 0 Å². The molecule has 2 N–H and O–H groups in total. The number of hydrogen-bond donors (Lipinski definition) is 1. The van der Waals surface area contributed by atoms with E-state index in [0.717, 1.165) is 11.8 Å². The van der Waals surface area contributed by atoms with E-state index in [1.807, 2.05) is 0 Å². The molecule has 0 aliphatic heterocycles. The first-order chi connectivity index (χ1) is 8.72. The highest BCUT2D eigenvalue weighted by Gasteiger charge is 2.53. The summed E-state index contributed by atoms with van der Waals surface area (Å²) in [6, 6.07) is 4.86. The fourth-order valence-electron chi connectivity index (χ4n) is 3.69. The predicted molar refractivity (Wildman–Crippen MR) is 68.8 cm³/mol. The average Bonchev–Trinajstić information content (AvgIpc) is 3.12. The topological polar surface area (TPSA) is 35.2 Å². The van der Waals surface area contributed by atoms with Gasteiger partial charge in [-0.05, 0) is 36.7 Å². The summed E-state index contributed by atoms with van der Waals surface area (Å²) < 4.78 is 19.0. The van der Waals surface area contributed by atoms with E-state index in [-0.39, 0.29) is 11.9 Å². The summed E-state index contributed by atoms with van der Waals surface area (Å²) >= 11 is 0. The Bertz CT molecular complexity index is 436. The molecule has 0 aromatic heterocycles. The van der Waals surface area contributed by atoms with Crippen LogP contribution in [-0.2, 0) is 0 Å². The Morgan fingerprint density at radius 3 is 2.50 bits per heavy atom. The van der Waals surface area contributed by atoms with Gasteiger partial charge in [-0.15, -0.1) is 0 Å². The molecule has 3 rings (SSSR count). The summed E-state index contributed by atoms with van der Waals surface area (Å²) in [5, 5.41) is 0. The molecule has 0 bridgehead atoms. The second-order valence-electron chi connectivity index (χ2n) is 5.60. The monoisotopic (exact) mass is 249 g/mol. The Morgan fingerprint density at radius 1 is 1.28 bits per heavy atom. The first-order valence-electron chi connectivity index (χ1n) is 6.81. The van der Waals surface area contributed by atoms with Crippen LogP contribution < -0.4 is 10.5 Å². The lowest BCUT2D eigenvalue weighted by molar-refractivity contribution is 0.409. The Labute approximate surface area is 107 Å². The Balaban J connectivity index is 1.78. The summed E-state index contributed by atoms with van der Waals surface area (Å²) in [6.07, 6.45) is 5.19. The number of halogens is 1. The summed E-state index contributed by atoms with van der Waals surface area (Å²) in [5.74, 6) is 2.31. The van der Waals surface area contributed by atoms with Crippen molar-refractivity contribution in [3.05, 3.63) is 29.6 Å². The van der Waals surface area contributed by atoms with E-state index in [2.05, 4.69) is 0 Å². The van der Waals surface area contributed by atoms with Crippen molar-refractivity contribution in [3.63, 3.8) is 0 Å². The summed E-state index contributed by atoms with van der Waals surface area (Å²) in [5.41, 5.74) is 6.92. The van der Waals surface area contributed by atoms with Gasteiger partial charge in [0.2, 0.25) is 0 Å². The second kappa shape index (κ2) is 4.54. The maximum absolute atomic E-state index is 14.0. The third-order valence-electron chi connectivity index (χ3n) is 4.70. The van der Waals surface area contributed by atoms with Crippen LogP contribution in [0.3, 0.4) is 0 Å². The van der Waals surface area contributed by atoms with Gasteiger partial charge < -0.3 is 10.5 Å². The lowest BCUT2D eigenvalue weighted by Crippen LogP contribution is -2.16. The molecule has 0 saturated heterocycles. The molecule has 0 amide bonds. The molecule has 2 nitrogen and oxygen atoms in total. The minimum absolute atomic E-state index is 0.149. The highest BCUT2D eigenvalue weighted by molar-refractivity contribution is 5.32. The largest absolute Gasteiger partial charge is 0.497 e. The normalized spacial score (nSPS) is 31.6. The molecule has 2 saturated carbocycles. The van der Waals surface area contributed by atoms with Crippen molar-refractivity contribution in [1.82, 2.24) is 0 Å². The smallest absolute Gasteiger partial charge is 0.131 e. The van der Waals surface area contributed by atoms with Crippen LogP contribution in [0.4, 0.5) is 4.39 Å². The van der Waals surface area contributed by atoms with Crippen molar-refractivity contribution in [3.8, 4) is 5.75 Å². The Morgan fingerprint density at radius 2 is 1.94 bits per heavy atom. The number of hydrogen-bond acceptors (Lipinski definition) is 2. The van der Waals surface area contributed by atoms with Crippen LogP contribution in [0.5, 0.6) is 5.75 Å². The van der Waals surface area contributed by atoms with Crippen LogP contribution in [0.2, 0.25) is 0 Å². The molecule has 1 aromatic carbocycles. The van der Waals surface area contributed by atoms with Crippen LogP contribution in [0.25, 0.3) is 0 Å². The summed E-state index contributed by atoms with van der Waals surface area (Å²) in [7, 11) is 1.55. The molecular formula is C15H20FNO. The number of nitrogens with two attached hydrogens (primary N) is 1. The zero-order valence-electron chi connectivity index (χ0n) is 10.7. The quantitative estimate of drug-likeness (QED) is 0.892. The Hall–Kier alpha value is -1.09. The molecular weight excluding hydrogens is 229 g/mol. The molecule has 0 spiro atoms. The van der Waals surface area contributed by atoms with Gasteiger partial charge in [0.15, 0.2) is 0 Å². The van der Waals surface area contributed by atoms with E-state index in [1.54, 1.807) is 19.2 Å². The fourth-order valence-corrected chi connectivity index (χ4v) is 3.69. The van der Waals surface area contributed by atoms with Crippen molar-refractivity contribution in [2.24, 2.45) is 23.5 Å². The van der Waals surface area contributed by atoms with E-state index in [0.29, 0.717) is 17.2 Å². The molecule has 2 aliphatic rings. The maximum atomic E-state index is 14.0. The third-order valence-corrected chi connectivity index (χ3v) is 4.70. The van der Waals surface area contributed by atoms with Crippen molar-refractivity contribution in [2.75, 3.05) is 7.11 Å². The van der Waals surface area contributed by atoms with Crippen molar-refractivity contribution in [1.29, 1.82) is 0 Å². The van der Waals surface area contributed by atoms with E-state index in [9.17, 15) is 4.39 Å². The maximum Gasteiger partial charge on any atom is 0.131 e. The zero-order chi connectivity index (χ0) is 12.7. The number of benzene rings is 1. The molecule has 1 aromatic rings. The van der Waals surface area contributed by atoms with Crippen LogP contribution >= 0.6 is 0 Å². The molecule has 18 heavy (non-hydrogen) atoms. The lowest BCUT2D eigenvalue weighted by atomic mass is 10.00.